The maximum absolute atomic E-state index is 3.64. The molecule has 0 aliphatic heterocycles. The average Bonchev–Trinajstić information content (AvgIpc) is 2.15. The maximum atomic E-state index is 3.64. The van der Waals surface area contributed by atoms with Gasteiger partial charge in [0, 0.05) is 6.04 Å². The third kappa shape index (κ3) is 2.98. The van der Waals surface area contributed by atoms with E-state index >= 15 is 0 Å². The van der Waals surface area contributed by atoms with Crippen LogP contribution in [0, 0.1) is 5.41 Å². The Morgan fingerprint density at radius 3 is 2.38 bits per heavy atom. The molecule has 0 aromatic carbocycles. The lowest BCUT2D eigenvalue weighted by Gasteiger charge is -2.39. The van der Waals surface area contributed by atoms with E-state index in [0.29, 0.717) is 11.5 Å². The molecule has 0 heterocycles. The second kappa shape index (κ2) is 4.99. The Morgan fingerprint density at radius 2 is 1.85 bits per heavy atom. The second-order valence-corrected chi connectivity index (χ2v) is 4.89. The second-order valence-electron chi connectivity index (χ2n) is 4.89. The lowest BCUT2D eigenvalue weighted by molar-refractivity contribution is 0.155. The molecule has 1 unspecified atom stereocenters. The van der Waals surface area contributed by atoms with E-state index in [1.165, 1.54) is 45.1 Å². The Kier molecular flexibility index (Phi) is 4.24. The van der Waals surface area contributed by atoms with Gasteiger partial charge in [0.1, 0.15) is 0 Å². The Morgan fingerprint density at radius 1 is 1.23 bits per heavy atom. The van der Waals surface area contributed by atoms with Crippen LogP contribution in [0.2, 0.25) is 0 Å². The smallest absolute Gasteiger partial charge is 0.00925 e. The summed E-state index contributed by atoms with van der Waals surface area (Å²) in [6, 6.07) is 0.702. The maximum Gasteiger partial charge on any atom is 0.00925 e. The molecule has 1 fully saturated rings. The van der Waals surface area contributed by atoms with Crippen molar-refractivity contribution in [2.45, 2.75) is 65.3 Å². The van der Waals surface area contributed by atoms with Crippen LogP contribution in [-0.4, -0.2) is 12.6 Å². The summed E-state index contributed by atoms with van der Waals surface area (Å²) in [7, 11) is 0. The van der Waals surface area contributed by atoms with Gasteiger partial charge in [0.15, 0.2) is 0 Å². The van der Waals surface area contributed by atoms with Crippen molar-refractivity contribution in [3.05, 3.63) is 0 Å². The van der Waals surface area contributed by atoms with Gasteiger partial charge in [0.25, 0.3) is 0 Å². The highest BCUT2D eigenvalue weighted by atomic mass is 14.9. The van der Waals surface area contributed by atoms with Crippen LogP contribution in [0.15, 0.2) is 0 Å². The number of hydrogen-bond acceptors (Lipinski definition) is 1. The van der Waals surface area contributed by atoms with Gasteiger partial charge in [-0.2, -0.15) is 0 Å². The first-order chi connectivity index (χ1) is 6.19. The lowest BCUT2D eigenvalue weighted by atomic mass is 9.71. The number of nitrogens with one attached hydrogen (secondary N) is 1. The summed E-state index contributed by atoms with van der Waals surface area (Å²) >= 11 is 0. The van der Waals surface area contributed by atoms with Gasteiger partial charge in [0.05, 0.1) is 0 Å². The van der Waals surface area contributed by atoms with Crippen molar-refractivity contribution in [3.63, 3.8) is 0 Å². The van der Waals surface area contributed by atoms with Gasteiger partial charge in [-0.15, -0.1) is 0 Å². The van der Waals surface area contributed by atoms with E-state index in [0.717, 1.165) is 0 Å². The molecular formula is C12H25N. The van der Waals surface area contributed by atoms with Crippen LogP contribution in [0.25, 0.3) is 0 Å². The van der Waals surface area contributed by atoms with Gasteiger partial charge in [-0.05, 0) is 38.1 Å². The summed E-state index contributed by atoms with van der Waals surface area (Å²) < 4.78 is 0. The van der Waals surface area contributed by atoms with Crippen LogP contribution < -0.4 is 5.32 Å². The molecule has 1 N–H and O–H groups in total. The number of hydrogen-bond donors (Lipinski definition) is 1. The van der Waals surface area contributed by atoms with E-state index in [9.17, 15) is 0 Å². The Labute approximate surface area is 83.3 Å². The molecule has 1 aliphatic rings. The zero-order valence-corrected chi connectivity index (χ0v) is 9.53. The molecule has 78 valence electrons. The minimum atomic E-state index is 0.577. The summed E-state index contributed by atoms with van der Waals surface area (Å²) in [4.78, 5) is 0. The SMILES string of the molecule is CCCNC(C)C1(C)CCCCC1. The molecule has 1 nitrogen and oxygen atoms in total. The normalized spacial score (nSPS) is 24.2. The molecular weight excluding hydrogens is 158 g/mol. The van der Waals surface area contributed by atoms with Gasteiger partial charge >= 0.3 is 0 Å². The summed E-state index contributed by atoms with van der Waals surface area (Å²) in [5.74, 6) is 0. The zero-order valence-electron chi connectivity index (χ0n) is 9.53. The molecule has 1 atom stereocenters. The molecule has 1 saturated carbocycles. The Hall–Kier alpha value is -0.0400. The van der Waals surface area contributed by atoms with Gasteiger partial charge in [-0.3, -0.25) is 0 Å². The summed E-state index contributed by atoms with van der Waals surface area (Å²) in [6.07, 6.45) is 8.43. The van der Waals surface area contributed by atoms with Crippen LogP contribution in [0.4, 0.5) is 0 Å². The highest BCUT2D eigenvalue weighted by molar-refractivity contribution is 4.87. The first kappa shape index (κ1) is 11.0. The van der Waals surface area contributed by atoms with Crippen LogP contribution >= 0.6 is 0 Å². The Bertz CT molecular complexity index is 136. The topological polar surface area (TPSA) is 12.0 Å². The van der Waals surface area contributed by atoms with Gasteiger partial charge < -0.3 is 5.32 Å². The van der Waals surface area contributed by atoms with E-state index in [4.69, 9.17) is 0 Å². The predicted octanol–water partition coefficient (Wildman–Crippen LogP) is 3.34. The van der Waals surface area contributed by atoms with Crippen molar-refractivity contribution < 1.29 is 0 Å². The third-order valence-electron chi connectivity index (χ3n) is 3.74. The van der Waals surface area contributed by atoms with Gasteiger partial charge in [-0.1, -0.05) is 33.1 Å². The highest BCUT2D eigenvalue weighted by Crippen LogP contribution is 2.38. The standard InChI is InChI=1S/C12H25N/c1-4-10-13-11(2)12(3)8-6-5-7-9-12/h11,13H,4-10H2,1-3H3. The fourth-order valence-electron chi connectivity index (χ4n) is 2.40. The molecule has 0 radical (unpaired) electrons. The number of rotatable bonds is 4. The van der Waals surface area contributed by atoms with E-state index in [1.54, 1.807) is 0 Å². The molecule has 0 amide bonds. The van der Waals surface area contributed by atoms with Crippen LogP contribution in [0.1, 0.15) is 59.3 Å². The third-order valence-corrected chi connectivity index (χ3v) is 3.74. The van der Waals surface area contributed by atoms with Crippen molar-refractivity contribution in [3.8, 4) is 0 Å². The van der Waals surface area contributed by atoms with Crippen molar-refractivity contribution in [2.75, 3.05) is 6.54 Å². The van der Waals surface area contributed by atoms with Gasteiger partial charge in [0.2, 0.25) is 0 Å². The molecule has 0 spiro atoms. The van der Waals surface area contributed by atoms with Crippen molar-refractivity contribution in [2.24, 2.45) is 5.41 Å². The molecule has 0 bridgehead atoms. The van der Waals surface area contributed by atoms with Crippen LogP contribution in [0.3, 0.4) is 0 Å². The van der Waals surface area contributed by atoms with Crippen molar-refractivity contribution in [1.82, 2.24) is 5.32 Å². The predicted molar refractivity (Wildman–Crippen MR) is 58.9 cm³/mol. The minimum absolute atomic E-state index is 0.577. The van der Waals surface area contributed by atoms with E-state index < -0.39 is 0 Å². The summed E-state index contributed by atoms with van der Waals surface area (Å²) in [5, 5.41) is 3.64. The molecule has 13 heavy (non-hydrogen) atoms. The Balaban J connectivity index is 2.37. The zero-order chi connectivity index (χ0) is 9.73. The van der Waals surface area contributed by atoms with Crippen molar-refractivity contribution >= 4 is 0 Å². The fraction of sp³-hybridized carbons (Fsp3) is 1.00. The van der Waals surface area contributed by atoms with E-state index in [-0.39, 0.29) is 0 Å². The monoisotopic (exact) mass is 183 g/mol. The first-order valence-corrected chi connectivity index (χ1v) is 5.92. The van der Waals surface area contributed by atoms with E-state index in [2.05, 4.69) is 26.1 Å². The molecule has 1 aliphatic carbocycles. The fourth-order valence-corrected chi connectivity index (χ4v) is 2.40. The minimum Gasteiger partial charge on any atom is -0.314 e. The van der Waals surface area contributed by atoms with Crippen LogP contribution in [0.5, 0.6) is 0 Å². The molecule has 0 aromatic rings. The largest absolute Gasteiger partial charge is 0.314 e. The van der Waals surface area contributed by atoms with Crippen molar-refractivity contribution in [1.29, 1.82) is 0 Å². The molecule has 0 saturated heterocycles. The molecule has 1 rings (SSSR count). The van der Waals surface area contributed by atoms with E-state index in [1.807, 2.05) is 0 Å². The van der Waals surface area contributed by atoms with Crippen LogP contribution in [-0.2, 0) is 0 Å². The quantitative estimate of drug-likeness (QED) is 0.705. The van der Waals surface area contributed by atoms with Gasteiger partial charge in [-0.25, -0.2) is 0 Å². The summed E-state index contributed by atoms with van der Waals surface area (Å²) in [5.41, 5.74) is 0.577. The molecule has 1 heteroatoms. The molecule has 0 aromatic heterocycles. The lowest BCUT2D eigenvalue weighted by Crippen LogP contribution is -2.42. The first-order valence-electron chi connectivity index (χ1n) is 5.92. The summed E-state index contributed by atoms with van der Waals surface area (Å²) in [6.45, 7) is 8.24. The highest BCUT2D eigenvalue weighted by Gasteiger charge is 2.31. The average molecular weight is 183 g/mol.